The molecule has 0 aromatic heterocycles. The second kappa shape index (κ2) is 5.39. The third-order valence-corrected chi connectivity index (χ3v) is 2.48. The first-order chi connectivity index (χ1) is 8.66. The van der Waals surface area contributed by atoms with E-state index in [2.05, 4.69) is 0 Å². The number of carboxylic acids is 1. The number of carboxylic acid groups (broad SMARTS) is 1. The highest BCUT2D eigenvalue weighted by Gasteiger charge is 2.20. The molecular formula is C12H13NO5. The van der Waals surface area contributed by atoms with Gasteiger partial charge in [-0.2, -0.15) is 0 Å². The van der Waals surface area contributed by atoms with Crippen LogP contribution in [0, 0.1) is 0 Å². The number of carbonyl (C=O) groups excluding carboxylic acids is 1. The van der Waals surface area contributed by atoms with Gasteiger partial charge in [-0.3, -0.25) is 4.90 Å². The molecule has 0 aliphatic carbocycles. The number of aliphatic carboxylic acids is 1. The van der Waals surface area contributed by atoms with Crippen LogP contribution in [0.5, 0.6) is 5.75 Å². The Balaban J connectivity index is 2.02. The molecule has 1 saturated heterocycles. The molecule has 1 aromatic carbocycles. The van der Waals surface area contributed by atoms with Crippen LogP contribution in [0.3, 0.4) is 0 Å². The van der Waals surface area contributed by atoms with E-state index in [4.69, 9.17) is 14.6 Å². The van der Waals surface area contributed by atoms with E-state index in [9.17, 15) is 9.59 Å². The number of carbonyl (C=O) groups is 2. The van der Waals surface area contributed by atoms with Gasteiger partial charge < -0.3 is 14.6 Å². The molecule has 1 N–H and O–H groups in total. The van der Waals surface area contributed by atoms with Crippen molar-refractivity contribution in [2.75, 3.05) is 24.7 Å². The van der Waals surface area contributed by atoms with Crippen molar-refractivity contribution < 1.29 is 24.2 Å². The highest BCUT2D eigenvalue weighted by atomic mass is 16.6. The van der Waals surface area contributed by atoms with E-state index in [1.807, 2.05) is 0 Å². The van der Waals surface area contributed by atoms with Crippen LogP contribution in [0.2, 0.25) is 0 Å². The predicted molar refractivity (Wildman–Crippen MR) is 62.9 cm³/mol. The molecule has 0 atom stereocenters. The Morgan fingerprint density at radius 2 is 2.11 bits per heavy atom. The van der Waals surface area contributed by atoms with Gasteiger partial charge in [-0.25, -0.2) is 9.59 Å². The standard InChI is InChI=1S/C12H13NO5/c14-11(15)8-18-10-4-2-9(3-5-10)13-6-1-7-17-12(13)16/h2-5H,1,6-8H2,(H,14,15). The maximum absolute atomic E-state index is 11.5. The Morgan fingerprint density at radius 1 is 1.39 bits per heavy atom. The van der Waals surface area contributed by atoms with Crippen LogP contribution in [0.15, 0.2) is 24.3 Å². The van der Waals surface area contributed by atoms with Crippen molar-refractivity contribution in [2.45, 2.75) is 6.42 Å². The second-order valence-electron chi connectivity index (χ2n) is 3.80. The maximum atomic E-state index is 11.5. The number of hydrogen-bond donors (Lipinski definition) is 1. The summed E-state index contributed by atoms with van der Waals surface area (Å²) in [5, 5.41) is 8.47. The monoisotopic (exact) mass is 251 g/mol. The summed E-state index contributed by atoms with van der Waals surface area (Å²) in [4.78, 5) is 23.4. The lowest BCUT2D eigenvalue weighted by atomic mass is 10.2. The maximum Gasteiger partial charge on any atom is 0.414 e. The smallest absolute Gasteiger partial charge is 0.414 e. The van der Waals surface area contributed by atoms with Gasteiger partial charge >= 0.3 is 12.1 Å². The summed E-state index contributed by atoms with van der Waals surface area (Å²) in [6.07, 6.45) is 0.434. The quantitative estimate of drug-likeness (QED) is 0.877. The fraction of sp³-hybridized carbons (Fsp3) is 0.333. The zero-order chi connectivity index (χ0) is 13.0. The van der Waals surface area contributed by atoms with Crippen LogP contribution in [-0.4, -0.2) is 36.9 Å². The van der Waals surface area contributed by atoms with Crippen molar-refractivity contribution in [3.63, 3.8) is 0 Å². The molecular weight excluding hydrogens is 238 g/mol. The highest BCUT2D eigenvalue weighted by Crippen LogP contribution is 2.22. The van der Waals surface area contributed by atoms with E-state index in [0.29, 0.717) is 24.6 Å². The topological polar surface area (TPSA) is 76.1 Å². The van der Waals surface area contributed by atoms with Crippen LogP contribution in [-0.2, 0) is 9.53 Å². The van der Waals surface area contributed by atoms with Crippen LogP contribution in [0.1, 0.15) is 6.42 Å². The first-order valence-corrected chi connectivity index (χ1v) is 5.56. The van der Waals surface area contributed by atoms with E-state index < -0.39 is 5.97 Å². The van der Waals surface area contributed by atoms with Crippen molar-refractivity contribution in [3.8, 4) is 5.75 Å². The van der Waals surface area contributed by atoms with Gasteiger partial charge in [-0.1, -0.05) is 0 Å². The van der Waals surface area contributed by atoms with E-state index >= 15 is 0 Å². The van der Waals surface area contributed by atoms with Gasteiger partial charge in [0.15, 0.2) is 6.61 Å². The van der Waals surface area contributed by atoms with Crippen LogP contribution in [0.25, 0.3) is 0 Å². The zero-order valence-electron chi connectivity index (χ0n) is 9.67. The summed E-state index contributed by atoms with van der Waals surface area (Å²) in [6.45, 7) is 0.689. The Labute approximate surface area is 104 Å². The molecule has 1 heterocycles. The first kappa shape index (κ1) is 12.2. The highest BCUT2D eigenvalue weighted by molar-refractivity contribution is 5.88. The van der Waals surface area contributed by atoms with Crippen LogP contribution in [0.4, 0.5) is 10.5 Å². The molecule has 96 valence electrons. The molecule has 6 heteroatoms. The molecule has 18 heavy (non-hydrogen) atoms. The summed E-state index contributed by atoms with van der Waals surface area (Å²) in [5.74, 6) is -0.579. The minimum absolute atomic E-state index is 0.361. The Kier molecular flexibility index (Phi) is 3.66. The van der Waals surface area contributed by atoms with Crippen molar-refractivity contribution in [1.82, 2.24) is 0 Å². The number of amides is 1. The second-order valence-corrected chi connectivity index (χ2v) is 3.80. The van der Waals surface area contributed by atoms with E-state index in [1.54, 1.807) is 24.3 Å². The molecule has 6 nitrogen and oxygen atoms in total. The number of nitrogens with zero attached hydrogens (tertiary/aromatic N) is 1. The molecule has 0 unspecified atom stereocenters. The van der Waals surface area contributed by atoms with Gasteiger partial charge in [-0.05, 0) is 30.7 Å². The normalized spacial score (nSPS) is 15.1. The molecule has 1 aliphatic heterocycles. The predicted octanol–water partition coefficient (Wildman–Crippen LogP) is 1.50. The summed E-state index contributed by atoms with van der Waals surface area (Å²) >= 11 is 0. The average molecular weight is 251 g/mol. The van der Waals surface area contributed by atoms with Crippen molar-refractivity contribution in [2.24, 2.45) is 0 Å². The number of ether oxygens (including phenoxy) is 2. The first-order valence-electron chi connectivity index (χ1n) is 5.56. The molecule has 0 spiro atoms. The SMILES string of the molecule is O=C(O)COc1ccc(N2CCCOC2=O)cc1. The zero-order valence-corrected chi connectivity index (χ0v) is 9.67. The Bertz CT molecular complexity index is 442. The van der Waals surface area contributed by atoms with E-state index in [0.717, 1.165) is 6.42 Å². The lowest BCUT2D eigenvalue weighted by molar-refractivity contribution is -0.139. The largest absolute Gasteiger partial charge is 0.482 e. The van der Waals surface area contributed by atoms with Gasteiger partial charge in [-0.15, -0.1) is 0 Å². The van der Waals surface area contributed by atoms with Crippen molar-refractivity contribution in [3.05, 3.63) is 24.3 Å². The summed E-state index contributed by atoms with van der Waals surface area (Å²) < 4.78 is 9.93. The van der Waals surface area contributed by atoms with Crippen LogP contribution >= 0.6 is 0 Å². The Hall–Kier alpha value is -2.24. The minimum atomic E-state index is -1.03. The van der Waals surface area contributed by atoms with Gasteiger partial charge in [0.05, 0.1) is 6.61 Å². The van der Waals surface area contributed by atoms with Gasteiger partial charge in [0.2, 0.25) is 0 Å². The van der Waals surface area contributed by atoms with E-state index in [-0.39, 0.29) is 12.7 Å². The third-order valence-electron chi connectivity index (χ3n) is 2.48. The van der Waals surface area contributed by atoms with Gasteiger partial charge in [0, 0.05) is 12.2 Å². The third kappa shape index (κ3) is 2.91. The summed E-state index contributed by atoms with van der Waals surface area (Å²) in [6, 6.07) is 6.65. The van der Waals surface area contributed by atoms with Crippen LogP contribution < -0.4 is 9.64 Å². The average Bonchev–Trinajstić information content (AvgIpc) is 2.38. The lowest BCUT2D eigenvalue weighted by Crippen LogP contribution is -2.37. The molecule has 1 aliphatic rings. The Morgan fingerprint density at radius 3 is 2.72 bits per heavy atom. The fourth-order valence-corrected chi connectivity index (χ4v) is 1.65. The fourth-order valence-electron chi connectivity index (χ4n) is 1.65. The number of anilines is 1. The molecule has 1 amide bonds. The van der Waals surface area contributed by atoms with E-state index in [1.165, 1.54) is 4.90 Å². The molecule has 0 bridgehead atoms. The van der Waals surface area contributed by atoms with Crippen molar-refractivity contribution in [1.29, 1.82) is 0 Å². The molecule has 2 rings (SSSR count). The van der Waals surface area contributed by atoms with Crippen molar-refractivity contribution >= 4 is 17.7 Å². The minimum Gasteiger partial charge on any atom is -0.482 e. The number of rotatable bonds is 4. The van der Waals surface area contributed by atoms with Gasteiger partial charge in [0.1, 0.15) is 5.75 Å². The molecule has 1 aromatic rings. The lowest BCUT2D eigenvalue weighted by Gasteiger charge is -2.26. The molecule has 0 radical (unpaired) electrons. The molecule has 1 fully saturated rings. The number of cyclic esters (lactones) is 1. The summed E-state index contributed by atoms with van der Waals surface area (Å²) in [7, 11) is 0. The number of benzene rings is 1. The summed E-state index contributed by atoms with van der Waals surface area (Å²) in [5.41, 5.74) is 0.711. The molecule has 0 saturated carbocycles. The number of hydrogen-bond acceptors (Lipinski definition) is 4. The van der Waals surface area contributed by atoms with Gasteiger partial charge in [0.25, 0.3) is 0 Å².